The van der Waals surface area contributed by atoms with Crippen LogP contribution in [-0.2, 0) is 19.6 Å². The number of aryl methyl sites for hydroxylation is 1. The van der Waals surface area contributed by atoms with E-state index in [-0.39, 0.29) is 0 Å². The zero-order valence-corrected chi connectivity index (χ0v) is 18.0. The number of rotatable bonds is 9. The van der Waals surface area contributed by atoms with E-state index in [4.69, 9.17) is 4.99 Å². The maximum Gasteiger partial charge on any atom is 0.191 e. The summed E-state index contributed by atoms with van der Waals surface area (Å²) in [5.74, 6) is 1.79. The lowest BCUT2D eigenvalue weighted by Crippen LogP contribution is -2.38. The molecule has 0 saturated heterocycles. The van der Waals surface area contributed by atoms with Gasteiger partial charge in [-0.15, -0.1) is 0 Å². The zero-order chi connectivity index (χ0) is 21.3. The molecule has 0 aliphatic carbocycles. The summed E-state index contributed by atoms with van der Waals surface area (Å²) in [5, 5.41) is 8.07. The molecular formula is C25H30N6. The van der Waals surface area contributed by atoms with Gasteiger partial charge in [-0.1, -0.05) is 48.5 Å². The van der Waals surface area contributed by atoms with E-state index in [0.29, 0.717) is 6.54 Å². The lowest BCUT2D eigenvalue weighted by molar-refractivity contribution is 0.639. The smallest absolute Gasteiger partial charge is 0.191 e. The van der Waals surface area contributed by atoms with Gasteiger partial charge in [0.1, 0.15) is 12.4 Å². The first-order valence-electron chi connectivity index (χ1n) is 10.9. The molecule has 0 amide bonds. The summed E-state index contributed by atoms with van der Waals surface area (Å²) in [6, 6.07) is 21.1. The van der Waals surface area contributed by atoms with Gasteiger partial charge in [0.2, 0.25) is 0 Å². The van der Waals surface area contributed by atoms with Gasteiger partial charge in [0.25, 0.3) is 0 Å². The molecule has 31 heavy (non-hydrogen) atoms. The van der Waals surface area contributed by atoms with Crippen molar-refractivity contribution in [3.63, 3.8) is 0 Å². The molecule has 0 fully saturated rings. The Labute approximate surface area is 183 Å². The molecule has 0 radical (unpaired) electrons. The van der Waals surface area contributed by atoms with Crippen molar-refractivity contribution >= 4 is 16.9 Å². The third kappa shape index (κ3) is 5.54. The Morgan fingerprint density at radius 1 is 0.935 bits per heavy atom. The van der Waals surface area contributed by atoms with Crippen molar-refractivity contribution in [2.75, 3.05) is 13.1 Å². The number of para-hydroxylation sites is 1. The second-order valence-electron chi connectivity index (χ2n) is 7.50. The zero-order valence-electron chi connectivity index (χ0n) is 18.0. The molecule has 4 aromatic rings. The number of imidazole rings is 1. The van der Waals surface area contributed by atoms with E-state index in [0.717, 1.165) is 44.4 Å². The minimum Gasteiger partial charge on any atom is -0.357 e. The first-order valence-corrected chi connectivity index (χ1v) is 10.9. The molecule has 2 heterocycles. The van der Waals surface area contributed by atoms with Gasteiger partial charge in [-0.25, -0.2) is 9.98 Å². The van der Waals surface area contributed by atoms with Crippen LogP contribution in [0.4, 0.5) is 0 Å². The maximum absolute atomic E-state index is 4.75. The minimum absolute atomic E-state index is 0.539. The molecule has 0 unspecified atom stereocenters. The van der Waals surface area contributed by atoms with E-state index in [9.17, 15) is 0 Å². The number of fused-ring (bicyclic) bond motifs is 1. The summed E-state index contributed by atoms with van der Waals surface area (Å²) < 4.78 is 4.46. The highest BCUT2D eigenvalue weighted by Gasteiger charge is 2.05. The van der Waals surface area contributed by atoms with Crippen LogP contribution in [0.2, 0.25) is 0 Å². The summed E-state index contributed by atoms with van der Waals surface area (Å²) >= 11 is 0. The van der Waals surface area contributed by atoms with Crippen LogP contribution in [0, 0.1) is 0 Å². The first-order chi connectivity index (χ1) is 15.3. The number of guanidine groups is 1. The maximum atomic E-state index is 4.75. The Hall–Kier alpha value is -3.54. The topological polar surface area (TPSA) is 59.2 Å². The number of aromatic nitrogens is 3. The summed E-state index contributed by atoms with van der Waals surface area (Å²) in [4.78, 5) is 9.25. The standard InChI is InChI=1S/C25H30N6/c1-2-26-25(28-14-8-16-30-17-13-22-11-6-7-12-23(22)30)29-19-24-27-15-18-31(24)20-21-9-4-3-5-10-21/h3-7,9-13,15,17-18H,2,8,14,16,19-20H2,1H3,(H2,26,28,29). The van der Waals surface area contributed by atoms with Crippen LogP contribution in [0.15, 0.2) is 84.2 Å². The van der Waals surface area contributed by atoms with Gasteiger partial charge in [-0.05, 0) is 36.4 Å². The fourth-order valence-corrected chi connectivity index (χ4v) is 3.70. The van der Waals surface area contributed by atoms with E-state index in [1.807, 2.05) is 18.5 Å². The van der Waals surface area contributed by atoms with E-state index < -0.39 is 0 Å². The number of hydrogen-bond acceptors (Lipinski definition) is 2. The van der Waals surface area contributed by atoms with Gasteiger partial charge in [-0.3, -0.25) is 0 Å². The van der Waals surface area contributed by atoms with Crippen molar-refractivity contribution in [1.82, 2.24) is 24.8 Å². The predicted molar refractivity (Wildman–Crippen MR) is 127 cm³/mol. The number of benzene rings is 2. The Bertz CT molecular complexity index is 1110. The van der Waals surface area contributed by atoms with Crippen molar-refractivity contribution < 1.29 is 0 Å². The lowest BCUT2D eigenvalue weighted by atomic mass is 10.2. The summed E-state index contributed by atoms with van der Waals surface area (Å²) in [5.41, 5.74) is 2.54. The Kier molecular flexibility index (Phi) is 7.00. The molecule has 0 spiro atoms. The molecule has 6 heteroatoms. The predicted octanol–water partition coefficient (Wildman–Crippen LogP) is 4.03. The fraction of sp³-hybridized carbons (Fsp3) is 0.280. The van der Waals surface area contributed by atoms with Crippen molar-refractivity contribution in [3.8, 4) is 0 Å². The molecule has 4 rings (SSSR count). The van der Waals surface area contributed by atoms with Gasteiger partial charge >= 0.3 is 0 Å². The molecule has 2 N–H and O–H groups in total. The monoisotopic (exact) mass is 414 g/mol. The third-order valence-corrected chi connectivity index (χ3v) is 5.27. The highest BCUT2D eigenvalue weighted by Crippen LogP contribution is 2.15. The second kappa shape index (κ2) is 10.5. The quantitative estimate of drug-likeness (QED) is 0.247. The SMILES string of the molecule is CCNC(=NCc1nccn1Cc1ccccc1)NCCCn1ccc2ccccc21. The molecule has 0 saturated carbocycles. The van der Waals surface area contributed by atoms with Crippen molar-refractivity contribution in [3.05, 3.63) is 90.6 Å². The van der Waals surface area contributed by atoms with Gasteiger partial charge < -0.3 is 19.8 Å². The summed E-state index contributed by atoms with van der Waals surface area (Å²) in [7, 11) is 0. The molecule has 160 valence electrons. The lowest BCUT2D eigenvalue weighted by Gasteiger charge is -2.12. The van der Waals surface area contributed by atoms with E-state index >= 15 is 0 Å². The van der Waals surface area contributed by atoms with Crippen LogP contribution in [0.5, 0.6) is 0 Å². The average Bonchev–Trinajstić information content (AvgIpc) is 3.42. The highest BCUT2D eigenvalue weighted by molar-refractivity contribution is 5.80. The van der Waals surface area contributed by atoms with E-state index in [2.05, 4.69) is 92.5 Å². The minimum atomic E-state index is 0.539. The van der Waals surface area contributed by atoms with Gasteiger partial charge in [0.15, 0.2) is 5.96 Å². The normalized spacial score (nSPS) is 11.7. The van der Waals surface area contributed by atoms with Crippen molar-refractivity contribution in [2.45, 2.75) is 33.0 Å². The van der Waals surface area contributed by atoms with Crippen LogP contribution in [-0.4, -0.2) is 33.2 Å². The number of aliphatic imine (C=N–C) groups is 1. The Morgan fingerprint density at radius 3 is 2.65 bits per heavy atom. The highest BCUT2D eigenvalue weighted by atomic mass is 15.2. The third-order valence-electron chi connectivity index (χ3n) is 5.27. The average molecular weight is 415 g/mol. The summed E-state index contributed by atoms with van der Waals surface area (Å²) in [6.07, 6.45) is 7.04. The van der Waals surface area contributed by atoms with E-state index in [1.165, 1.54) is 16.5 Å². The largest absolute Gasteiger partial charge is 0.357 e. The molecule has 0 aliphatic rings. The molecule has 2 aromatic heterocycles. The van der Waals surface area contributed by atoms with Gasteiger partial charge in [0, 0.05) is 50.3 Å². The van der Waals surface area contributed by atoms with Crippen LogP contribution in [0.1, 0.15) is 24.7 Å². The van der Waals surface area contributed by atoms with Crippen molar-refractivity contribution in [2.24, 2.45) is 4.99 Å². The molecule has 0 bridgehead atoms. The summed E-state index contributed by atoms with van der Waals surface area (Å²) in [6.45, 7) is 6.09. The Morgan fingerprint density at radius 2 is 1.77 bits per heavy atom. The first kappa shape index (κ1) is 20.7. The molecule has 6 nitrogen and oxygen atoms in total. The van der Waals surface area contributed by atoms with Gasteiger partial charge in [-0.2, -0.15) is 0 Å². The Balaban J connectivity index is 1.31. The van der Waals surface area contributed by atoms with E-state index in [1.54, 1.807) is 0 Å². The second-order valence-corrected chi connectivity index (χ2v) is 7.50. The number of nitrogens with zero attached hydrogens (tertiary/aromatic N) is 4. The van der Waals surface area contributed by atoms with Crippen LogP contribution < -0.4 is 10.6 Å². The van der Waals surface area contributed by atoms with Gasteiger partial charge in [0.05, 0.1) is 0 Å². The molecule has 2 aromatic carbocycles. The number of nitrogens with one attached hydrogen (secondary N) is 2. The number of hydrogen-bond donors (Lipinski definition) is 2. The van der Waals surface area contributed by atoms with Crippen LogP contribution in [0.3, 0.4) is 0 Å². The molecule has 0 atom stereocenters. The van der Waals surface area contributed by atoms with Crippen LogP contribution in [0.25, 0.3) is 10.9 Å². The molecule has 0 aliphatic heterocycles. The molecular weight excluding hydrogens is 384 g/mol. The van der Waals surface area contributed by atoms with Crippen molar-refractivity contribution in [1.29, 1.82) is 0 Å². The van der Waals surface area contributed by atoms with Crippen LogP contribution >= 0.6 is 0 Å². The fourth-order valence-electron chi connectivity index (χ4n) is 3.70.